The number of hydrogen-bond acceptors (Lipinski definition) is 7. The fraction of sp³-hybridized carbons (Fsp3) is 0.571. The van der Waals surface area contributed by atoms with Gasteiger partial charge in [0, 0.05) is 24.4 Å². The third-order valence-corrected chi connectivity index (χ3v) is 9.08. The Bertz CT molecular complexity index is 1430. The zero-order valence-corrected chi connectivity index (χ0v) is 26.5. The van der Waals surface area contributed by atoms with Gasteiger partial charge in [0.1, 0.15) is 5.82 Å². The highest BCUT2D eigenvalue weighted by Crippen LogP contribution is 2.39. The van der Waals surface area contributed by atoms with Crippen molar-refractivity contribution in [1.29, 1.82) is 0 Å². The minimum Gasteiger partial charge on any atom is -0.340 e. The van der Waals surface area contributed by atoms with Gasteiger partial charge in [0.15, 0.2) is 5.82 Å². The van der Waals surface area contributed by atoms with Gasteiger partial charge in [0.05, 0.1) is 12.2 Å². The number of hydrogen-bond donors (Lipinski definition) is 1. The molecule has 2 aliphatic carbocycles. The number of ether oxygens (including phenoxy) is 2. The van der Waals surface area contributed by atoms with Crippen molar-refractivity contribution in [3.05, 3.63) is 65.7 Å². The molecule has 2 aromatic heterocycles. The number of aromatic nitrogens is 7. The minimum absolute atomic E-state index is 0.164. The molecule has 4 aromatic rings. The summed E-state index contributed by atoms with van der Waals surface area (Å²) in [6.07, 6.45) is 14.5. The molecule has 2 aromatic carbocycles. The van der Waals surface area contributed by atoms with Crippen LogP contribution in [-0.4, -0.2) is 47.6 Å². The summed E-state index contributed by atoms with van der Waals surface area (Å²) >= 11 is 0. The lowest BCUT2D eigenvalue weighted by atomic mass is 9.96. The van der Waals surface area contributed by atoms with E-state index in [9.17, 15) is 0 Å². The van der Waals surface area contributed by atoms with E-state index >= 15 is 0 Å². The average Bonchev–Trinajstić information content (AvgIpc) is 3.74. The van der Waals surface area contributed by atoms with E-state index in [2.05, 4.69) is 76.4 Å². The van der Waals surface area contributed by atoms with Gasteiger partial charge in [0.25, 0.3) is 0 Å². The molecular formula is C35H47N7O2. The van der Waals surface area contributed by atoms with E-state index < -0.39 is 5.79 Å². The summed E-state index contributed by atoms with van der Waals surface area (Å²) in [5.41, 5.74) is 4.33. The van der Waals surface area contributed by atoms with Crippen LogP contribution in [0.4, 0.5) is 0 Å². The van der Waals surface area contributed by atoms with Gasteiger partial charge >= 0.3 is 0 Å². The molecule has 9 nitrogen and oxygen atoms in total. The van der Waals surface area contributed by atoms with Crippen LogP contribution in [-0.2, 0) is 21.7 Å². The van der Waals surface area contributed by atoms with Crippen LogP contribution in [0.15, 0.2) is 48.5 Å². The predicted octanol–water partition coefficient (Wildman–Crippen LogP) is 7.95. The first-order valence-electron chi connectivity index (χ1n) is 16.8. The molecule has 234 valence electrons. The van der Waals surface area contributed by atoms with Gasteiger partial charge < -0.3 is 9.47 Å². The molecule has 2 heterocycles. The summed E-state index contributed by atoms with van der Waals surface area (Å²) in [6, 6.07) is 17.0. The molecular weight excluding hydrogens is 550 g/mol. The molecule has 1 N–H and O–H groups in total. The summed E-state index contributed by atoms with van der Waals surface area (Å²) in [7, 11) is 0. The molecule has 0 amide bonds. The summed E-state index contributed by atoms with van der Waals surface area (Å²) in [4.78, 5) is 5.25. The molecule has 0 unspecified atom stereocenters. The summed E-state index contributed by atoms with van der Waals surface area (Å²) < 4.78 is 16.1. The maximum Gasteiger partial charge on any atom is 0.232 e. The zero-order chi connectivity index (χ0) is 30.4. The van der Waals surface area contributed by atoms with Crippen LogP contribution in [0, 0.1) is 0 Å². The van der Waals surface area contributed by atoms with E-state index in [0.29, 0.717) is 18.1 Å². The maximum absolute atomic E-state index is 7.04. The molecule has 0 saturated heterocycles. The summed E-state index contributed by atoms with van der Waals surface area (Å²) in [5.74, 6) is 1.39. The Labute approximate surface area is 261 Å². The topological polar surface area (TPSA) is 104 Å². The fourth-order valence-electron chi connectivity index (χ4n) is 6.85. The predicted molar refractivity (Wildman–Crippen MR) is 171 cm³/mol. The number of aromatic amines is 1. The van der Waals surface area contributed by atoms with E-state index in [1.165, 1.54) is 44.1 Å². The molecule has 0 atom stereocenters. The molecule has 0 aliphatic heterocycles. The summed E-state index contributed by atoms with van der Waals surface area (Å²) in [6.45, 7) is 6.56. The maximum atomic E-state index is 7.04. The number of rotatable bonds is 12. The Hall–Kier alpha value is -3.43. The van der Waals surface area contributed by atoms with Crippen molar-refractivity contribution in [3.63, 3.8) is 0 Å². The highest BCUT2D eigenvalue weighted by molar-refractivity contribution is 5.80. The molecule has 44 heavy (non-hydrogen) atoms. The zero-order valence-electron chi connectivity index (χ0n) is 26.5. The van der Waals surface area contributed by atoms with Crippen LogP contribution in [0.2, 0.25) is 0 Å². The average molecular weight is 598 g/mol. The second-order valence-corrected chi connectivity index (χ2v) is 12.8. The van der Waals surface area contributed by atoms with Crippen LogP contribution in [0.5, 0.6) is 0 Å². The SMILES string of the molecule is CCCC(OC1CCCCC1)(OC1CCCCC1)c1nc(Cc2ccc(-c3ccccc3-c3nnn[nH]3)cc2)n(C(C)C)n1. The van der Waals surface area contributed by atoms with Gasteiger partial charge in [-0.25, -0.2) is 14.8 Å². The van der Waals surface area contributed by atoms with Crippen LogP contribution in [0.3, 0.4) is 0 Å². The third-order valence-electron chi connectivity index (χ3n) is 9.08. The monoisotopic (exact) mass is 597 g/mol. The van der Waals surface area contributed by atoms with Crippen molar-refractivity contribution >= 4 is 0 Å². The molecule has 0 spiro atoms. The van der Waals surface area contributed by atoms with Gasteiger partial charge in [-0.05, 0) is 66.6 Å². The fourth-order valence-corrected chi connectivity index (χ4v) is 6.85. The Morgan fingerprint density at radius 1 is 0.864 bits per heavy atom. The number of tetrazole rings is 1. The van der Waals surface area contributed by atoms with Crippen molar-refractivity contribution in [3.8, 4) is 22.5 Å². The molecule has 2 saturated carbocycles. The number of H-pyrrole nitrogens is 1. The van der Waals surface area contributed by atoms with E-state index in [1.54, 1.807) is 0 Å². The van der Waals surface area contributed by atoms with Crippen LogP contribution < -0.4 is 0 Å². The van der Waals surface area contributed by atoms with Gasteiger partial charge in [-0.1, -0.05) is 100 Å². The Morgan fingerprint density at radius 3 is 2.07 bits per heavy atom. The first kappa shape index (κ1) is 30.6. The van der Waals surface area contributed by atoms with Crippen molar-refractivity contribution < 1.29 is 9.47 Å². The van der Waals surface area contributed by atoms with Crippen molar-refractivity contribution in [1.82, 2.24) is 35.4 Å². The lowest BCUT2D eigenvalue weighted by Crippen LogP contribution is -2.42. The quantitative estimate of drug-likeness (QED) is 0.165. The number of benzene rings is 2. The highest BCUT2D eigenvalue weighted by Gasteiger charge is 2.43. The lowest BCUT2D eigenvalue weighted by Gasteiger charge is -2.39. The first-order chi connectivity index (χ1) is 21.5. The van der Waals surface area contributed by atoms with E-state index in [-0.39, 0.29) is 18.2 Å². The Balaban J connectivity index is 1.30. The second kappa shape index (κ2) is 14.1. The molecule has 0 bridgehead atoms. The molecule has 9 heteroatoms. The third kappa shape index (κ3) is 6.94. The second-order valence-electron chi connectivity index (χ2n) is 12.8. The van der Waals surface area contributed by atoms with Crippen molar-refractivity contribution in [2.75, 3.05) is 0 Å². The van der Waals surface area contributed by atoms with Crippen LogP contribution in [0.1, 0.15) is 121 Å². The van der Waals surface area contributed by atoms with Crippen molar-refractivity contribution in [2.24, 2.45) is 0 Å². The number of nitrogens with one attached hydrogen (secondary N) is 1. The van der Waals surface area contributed by atoms with Gasteiger partial charge in [-0.2, -0.15) is 0 Å². The standard InChI is InChI=1S/C35H47N7O2/c1-4-23-35(43-28-13-7-5-8-14-28,44-29-15-9-6-10-16-29)34-36-32(42(39-34)25(2)3)24-26-19-21-27(22-20-26)30-17-11-12-18-31(30)33-37-40-41-38-33/h11-12,17-22,25,28-29H,4-10,13-16,23-24H2,1-3H3,(H,37,38,40,41). The Kier molecular flexibility index (Phi) is 9.82. The molecule has 2 fully saturated rings. The van der Waals surface area contributed by atoms with Crippen LogP contribution >= 0.6 is 0 Å². The highest BCUT2D eigenvalue weighted by atomic mass is 16.7. The molecule has 6 rings (SSSR count). The van der Waals surface area contributed by atoms with Gasteiger partial charge in [-0.15, -0.1) is 10.2 Å². The Morgan fingerprint density at radius 2 is 1.50 bits per heavy atom. The largest absolute Gasteiger partial charge is 0.340 e. The minimum atomic E-state index is -0.906. The number of nitrogens with zero attached hydrogens (tertiary/aromatic N) is 6. The van der Waals surface area contributed by atoms with E-state index in [4.69, 9.17) is 19.6 Å². The smallest absolute Gasteiger partial charge is 0.232 e. The summed E-state index contributed by atoms with van der Waals surface area (Å²) in [5, 5.41) is 19.7. The lowest BCUT2D eigenvalue weighted by molar-refractivity contribution is -0.302. The normalized spacial score (nSPS) is 17.0. The van der Waals surface area contributed by atoms with Gasteiger partial charge in [0.2, 0.25) is 11.6 Å². The molecule has 0 radical (unpaired) electrons. The van der Waals surface area contributed by atoms with E-state index in [1.807, 2.05) is 18.2 Å². The molecule has 2 aliphatic rings. The first-order valence-corrected chi connectivity index (χ1v) is 16.8. The van der Waals surface area contributed by atoms with Gasteiger partial charge in [-0.3, -0.25) is 0 Å². The van der Waals surface area contributed by atoms with E-state index in [0.717, 1.165) is 61.0 Å². The van der Waals surface area contributed by atoms with Crippen molar-refractivity contribution in [2.45, 2.75) is 128 Å². The van der Waals surface area contributed by atoms with Crippen LogP contribution in [0.25, 0.3) is 22.5 Å².